The number of hydrogen-bond acceptors (Lipinski definition) is 18. The number of carbonyl (C=O) groups excluding carboxylic acids is 2. The van der Waals surface area contributed by atoms with E-state index in [2.05, 4.69) is 122 Å². The Morgan fingerprint density at radius 2 is 0.990 bits per heavy atom. The number of nitrogens with two attached hydrogens (primary N) is 4. The van der Waals surface area contributed by atoms with Crippen LogP contribution in [0, 0.1) is 17.8 Å². The van der Waals surface area contributed by atoms with Crippen molar-refractivity contribution in [3.05, 3.63) is 250 Å². The molecule has 104 heavy (non-hydrogen) atoms. The van der Waals surface area contributed by atoms with Crippen LogP contribution in [0.3, 0.4) is 0 Å². The van der Waals surface area contributed by atoms with E-state index in [1.54, 1.807) is 0 Å². The second-order valence-corrected chi connectivity index (χ2v) is 26.9. The number of benzene rings is 6. The number of aryl methyl sites for hydroxylation is 1. The van der Waals surface area contributed by atoms with E-state index < -0.39 is 0 Å². The standard InChI is InChI=1S/C25H30N4O2.2C17H21N3.C16H21NO2.C9H9N5/c26-15-18-11-13-20(14-12-18)24-23-21(17-28-29-24)9-5-2-6-10-22(23)31-25(30)27-16-19-7-3-1-4-8-19;2*18-11-13-7-9-14(10-8-13)17-16-6-4-2-1-3-5-15(16)12-19-20-17;18-16(17-13-14-9-5-4-6-10-14)19-15-11-7-2-1-3-8-12-15;10-5-7-1-3-8(4-2-7)9-13-11-6-12-14-9/h1,3-4,7-8,11-14,17,21-23H,2,5-6,9-10,15-16,26H2,(H,27,30);7-10,12H,1-6,11,18H2;6-10,12,15H,1-5,11,18H2;4-7,9-11,15H,1-3,8,12-13H2,(H,17,18);1-4,6H,5,10H2/b;;;11-7+;. The van der Waals surface area contributed by atoms with Gasteiger partial charge in [0.05, 0.1) is 23.3 Å². The van der Waals surface area contributed by atoms with E-state index in [1.807, 2.05) is 134 Å². The highest BCUT2D eigenvalue weighted by Gasteiger charge is 2.39. The van der Waals surface area contributed by atoms with Crippen molar-refractivity contribution in [1.29, 1.82) is 0 Å². The van der Waals surface area contributed by atoms with Gasteiger partial charge >= 0.3 is 12.2 Å². The molecule has 0 spiro atoms. The Hall–Kier alpha value is -10.1. The summed E-state index contributed by atoms with van der Waals surface area (Å²) in [6.07, 6.45) is 37.1. The van der Waals surface area contributed by atoms with Crippen LogP contribution < -0.4 is 33.6 Å². The Morgan fingerprint density at radius 3 is 1.62 bits per heavy atom. The van der Waals surface area contributed by atoms with Gasteiger partial charge < -0.3 is 43.0 Å². The zero-order valence-corrected chi connectivity index (χ0v) is 59.9. The van der Waals surface area contributed by atoms with Gasteiger partial charge in [0.1, 0.15) is 12.2 Å². The minimum absolute atomic E-state index is 0.00371. The molecule has 8 aromatic rings. The molecular formula is C84H102N16O4. The summed E-state index contributed by atoms with van der Waals surface area (Å²) in [7, 11) is 0. The monoisotopic (exact) mass is 1400 g/mol. The molecule has 4 aliphatic carbocycles. The SMILES string of the molecule is NCc1ccc(-c2nncc3c2CCCCCC3)cc1.NCc1ccc(-c2nncnn2)cc1.NCc1ccc(C2=NN=CC3CCCCCC(OC(=O)NCc4ccccc4)C23)cc1.NCc1ccc(C2=NN=CC3CCCCCC=C23)cc1.O=C(NCc1ccccc1)OC1/C=C/CCCCC1. The van der Waals surface area contributed by atoms with Gasteiger partial charge in [-0.25, -0.2) is 9.59 Å². The quantitative estimate of drug-likeness (QED) is 0.0552. The molecule has 2 aromatic heterocycles. The van der Waals surface area contributed by atoms with Crippen LogP contribution in [0.4, 0.5) is 9.59 Å². The average molecular weight is 1400 g/mol. The highest BCUT2D eigenvalue weighted by atomic mass is 16.6. The van der Waals surface area contributed by atoms with E-state index in [-0.39, 0.29) is 36.2 Å². The number of alkyl carbamates (subject to hydrolysis) is 2. The van der Waals surface area contributed by atoms with Crippen LogP contribution in [0.15, 0.2) is 214 Å². The lowest BCUT2D eigenvalue weighted by atomic mass is 9.75. The maximum atomic E-state index is 12.7. The van der Waals surface area contributed by atoms with Crippen molar-refractivity contribution in [3.63, 3.8) is 0 Å². The zero-order valence-electron chi connectivity index (χ0n) is 59.9. The highest BCUT2D eigenvalue weighted by Crippen LogP contribution is 2.36. The molecule has 4 heterocycles. The number of nitrogens with one attached hydrogen (secondary N) is 2. The lowest BCUT2D eigenvalue weighted by molar-refractivity contribution is 0.0582. The van der Waals surface area contributed by atoms with E-state index in [1.165, 1.54) is 87.2 Å². The molecule has 542 valence electrons. The topological polar surface area (TPSA) is 308 Å². The van der Waals surface area contributed by atoms with E-state index in [0.717, 1.165) is 143 Å². The Kier molecular flexibility index (Phi) is 31.2. The number of fused-ring (bicyclic) bond motifs is 3. The highest BCUT2D eigenvalue weighted by molar-refractivity contribution is 6.15. The Labute approximate surface area is 613 Å². The molecule has 20 heteroatoms. The second kappa shape index (κ2) is 42.5. The molecule has 5 atom stereocenters. The molecular weight excluding hydrogens is 1300 g/mol. The molecule has 2 aliphatic heterocycles. The molecule has 6 aromatic carbocycles. The fourth-order valence-corrected chi connectivity index (χ4v) is 13.6. The van der Waals surface area contributed by atoms with Gasteiger partial charge in [-0.2, -0.15) is 30.6 Å². The van der Waals surface area contributed by atoms with E-state index in [9.17, 15) is 9.59 Å². The predicted octanol–water partition coefficient (Wildman–Crippen LogP) is 15.3. The average Bonchev–Trinajstić information content (AvgIpc) is 0.804. The van der Waals surface area contributed by atoms with Crippen molar-refractivity contribution in [2.24, 2.45) is 61.1 Å². The predicted molar refractivity (Wildman–Crippen MR) is 415 cm³/mol. The van der Waals surface area contributed by atoms with Crippen LogP contribution in [0.25, 0.3) is 22.6 Å². The van der Waals surface area contributed by atoms with Crippen molar-refractivity contribution in [3.8, 4) is 22.6 Å². The summed E-state index contributed by atoms with van der Waals surface area (Å²) < 4.78 is 11.4. The van der Waals surface area contributed by atoms with Crippen molar-refractivity contribution in [2.75, 3.05) is 0 Å². The first kappa shape index (κ1) is 76.5. The maximum Gasteiger partial charge on any atom is 0.407 e. The number of allylic oxidation sites excluding steroid dienone is 3. The lowest BCUT2D eigenvalue weighted by Crippen LogP contribution is -2.42. The Balaban J connectivity index is 0.000000143. The number of ether oxygens (including phenoxy) is 2. The summed E-state index contributed by atoms with van der Waals surface area (Å²) >= 11 is 0. The number of nitrogens with zero attached hydrogens (tertiary/aromatic N) is 10. The van der Waals surface area contributed by atoms with Gasteiger partial charge in [0.15, 0.2) is 6.33 Å². The Bertz CT molecular complexity index is 4080. The summed E-state index contributed by atoms with van der Waals surface area (Å²) in [6.45, 7) is 3.16. The summed E-state index contributed by atoms with van der Waals surface area (Å²) in [5.74, 6) is 1.19. The van der Waals surface area contributed by atoms with Crippen LogP contribution in [0.1, 0.15) is 178 Å². The minimum Gasteiger partial charge on any atom is -0.446 e. The minimum atomic E-state index is -0.381. The number of amides is 2. The number of aromatic nitrogens is 6. The molecule has 10 N–H and O–H groups in total. The summed E-state index contributed by atoms with van der Waals surface area (Å²) in [6, 6.07) is 52.3. The third kappa shape index (κ3) is 24.0. The summed E-state index contributed by atoms with van der Waals surface area (Å²) in [4.78, 5) is 24.4. The van der Waals surface area contributed by atoms with Gasteiger partial charge in [-0.3, -0.25) is 0 Å². The third-order valence-corrected chi connectivity index (χ3v) is 19.5. The van der Waals surface area contributed by atoms with Gasteiger partial charge in [0, 0.05) is 86.1 Å². The molecule has 5 unspecified atom stereocenters. The van der Waals surface area contributed by atoms with Crippen molar-refractivity contribution < 1.29 is 19.1 Å². The van der Waals surface area contributed by atoms with Gasteiger partial charge in [0.25, 0.3) is 0 Å². The largest absolute Gasteiger partial charge is 0.446 e. The molecule has 2 amide bonds. The Morgan fingerprint density at radius 1 is 0.462 bits per heavy atom. The number of carbonyl (C=O) groups is 2. The van der Waals surface area contributed by atoms with Gasteiger partial charge in [-0.1, -0.05) is 215 Å². The lowest BCUT2D eigenvalue weighted by Gasteiger charge is -2.35. The first-order valence-corrected chi connectivity index (χ1v) is 37.3. The van der Waals surface area contributed by atoms with E-state index in [4.69, 9.17) is 32.4 Å². The second-order valence-electron chi connectivity index (χ2n) is 26.9. The molecule has 20 nitrogen and oxygen atoms in total. The molecule has 1 saturated carbocycles. The van der Waals surface area contributed by atoms with Gasteiger partial charge in [0.2, 0.25) is 5.82 Å². The van der Waals surface area contributed by atoms with E-state index >= 15 is 0 Å². The molecule has 6 aliphatic rings. The van der Waals surface area contributed by atoms with E-state index in [0.29, 0.717) is 51.0 Å². The molecule has 1 fully saturated rings. The number of hydrogen-bond donors (Lipinski definition) is 6. The molecule has 0 saturated heterocycles. The smallest absolute Gasteiger partial charge is 0.407 e. The van der Waals surface area contributed by atoms with Gasteiger partial charge in [-0.05, 0) is 152 Å². The summed E-state index contributed by atoms with van der Waals surface area (Å²) in [5.41, 5.74) is 40.5. The molecule has 14 rings (SSSR count). The normalized spacial score (nSPS) is 19.3. The first-order chi connectivity index (χ1) is 51.2. The summed E-state index contributed by atoms with van der Waals surface area (Å²) in [5, 5.41) is 46.8. The van der Waals surface area contributed by atoms with Crippen LogP contribution in [-0.2, 0) is 61.6 Å². The first-order valence-electron chi connectivity index (χ1n) is 37.3. The number of rotatable bonds is 14. The van der Waals surface area contributed by atoms with Crippen LogP contribution in [-0.4, -0.2) is 78.8 Å². The van der Waals surface area contributed by atoms with Crippen molar-refractivity contribution in [1.82, 2.24) is 41.2 Å². The van der Waals surface area contributed by atoms with Crippen LogP contribution in [0.5, 0.6) is 0 Å². The van der Waals surface area contributed by atoms with Gasteiger partial charge in [-0.15, -0.1) is 20.4 Å². The molecule has 0 bridgehead atoms. The maximum absolute atomic E-state index is 12.7. The third-order valence-electron chi connectivity index (χ3n) is 19.5. The van der Waals surface area contributed by atoms with Crippen molar-refractivity contribution in [2.45, 2.75) is 186 Å². The van der Waals surface area contributed by atoms with Crippen LogP contribution >= 0.6 is 0 Å². The fraction of sp³-hybridized carbons (Fsp3) is 0.381. The zero-order chi connectivity index (χ0) is 72.2. The fourth-order valence-electron chi connectivity index (χ4n) is 13.6. The van der Waals surface area contributed by atoms with Crippen molar-refractivity contribution >= 4 is 36.0 Å². The van der Waals surface area contributed by atoms with Crippen LogP contribution in [0.2, 0.25) is 0 Å². The molecule has 0 radical (unpaired) electrons.